The Kier molecular flexibility index (Phi) is 8.75. The molecule has 1 atom stereocenters. The van der Waals surface area contributed by atoms with E-state index in [-0.39, 0.29) is 0 Å². The Balaban J connectivity index is 1.87. The van der Waals surface area contributed by atoms with Gasteiger partial charge in [0.15, 0.2) is 0 Å². The Morgan fingerprint density at radius 1 is 1.27 bits per heavy atom. The van der Waals surface area contributed by atoms with Crippen molar-refractivity contribution >= 4 is 34.5 Å². The molecule has 33 heavy (non-hydrogen) atoms. The van der Waals surface area contributed by atoms with Crippen molar-refractivity contribution in [2.75, 3.05) is 20.1 Å². The lowest BCUT2D eigenvalue weighted by Crippen LogP contribution is -2.28. The average Bonchev–Trinajstić information content (AvgIpc) is 3.51. The smallest absolute Gasteiger partial charge is 0.140 e. The fourth-order valence-corrected chi connectivity index (χ4v) is 5.13. The summed E-state index contributed by atoms with van der Waals surface area (Å²) in [5.74, 6) is 0.937. The molecular weight excluding hydrogens is 426 g/mol. The number of hydrogen-bond donors (Lipinski definition) is 2. The van der Waals surface area contributed by atoms with E-state index in [4.69, 9.17) is 4.99 Å². The van der Waals surface area contributed by atoms with Gasteiger partial charge in [-0.1, -0.05) is 43.7 Å². The summed E-state index contributed by atoms with van der Waals surface area (Å²) in [6, 6.07) is 0.522. The van der Waals surface area contributed by atoms with Crippen LogP contribution < -0.4 is 5.32 Å². The molecule has 0 saturated carbocycles. The highest BCUT2D eigenvalue weighted by atomic mass is 32.2. The molecule has 0 amide bonds. The van der Waals surface area contributed by atoms with Crippen molar-refractivity contribution in [1.82, 2.24) is 15.2 Å². The number of aromatic amines is 1. The number of nitrogens with one attached hydrogen (secondary N) is 2. The molecule has 6 heteroatoms. The minimum Gasteiger partial charge on any atom is -0.370 e. The zero-order valence-corrected chi connectivity index (χ0v) is 21.3. The Morgan fingerprint density at radius 2 is 2.06 bits per heavy atom. The number of aryl methyl sites for hydroxylation is 1. The summed E-state index contributed by atoms with van der Waals surface area (Å²) in [6.07, 6.45) is 12.0. The second-order valence-electron chi connectivity index (χ2n) is 8.57. The Hall–Kier alpha value is -2.57. The number of allylic oxidation sites excluding steroid dienone is 4. The zero-order chi connectivity index (χ0) is 24.0. The van der Waals surface area contributed by atoms with Gasteiger partial charge in [-0.25, -0.2) is 4.99 Å². The molecule has 176 valence electrons. The predicted molar refractivity (Wildman–Crippen MR) is 147 cm³/mol. The first-order valence-electron chi connectivity index (χ1n) is 11.6. The fourth-order valence-electron chi connectivity index (χ4n) is 4.36. The second-order valence-corrected chi connectivity index (χ2v) is 9.84. The van der Waals surface area contributed by atoms with Gasteiger partial charge in [-0.15, -0.1) is 0 Å². The number of nitrogens with zero attached hydrogens (tertiary/aromatic N) is 3. The molecule has 0 aromatic carbocycles. The van der Waals surface area contributed by atoms with E-state index in [1.807, 2.05) is 27.0 Å². The summed E-state index contributed by atoms with van der Waals surface area (Å²) in [5, 5.41) is 4.37. The van der Waals surface area contributed by atoms with Crippen LogP contribution in [0.2, 0.25) is 0 Å². The number of aromatic nitrogens is 1. The quantitative estimate of drug-likeness (QED) is 0.261. The summed E-state index contributed by atoms with van der Waals surface area (Å²) in [5.41, 5.74) is 6.77. The normalized spacial score (nSPS) is 19.5. The van der Waals surface area contributed by atoms with E-state index in [1.165, 1.54) is 23.2 Å². The van der Waals surface area contributed by atoms with E-state index < -0.39 is 0 Å². The summed E-state index contributed by atoms with van der Waals surface area (Å²) >= 11 is 1.64. The average molecular weight is 464 g/mol. The van der Waals surface area contributed by atoms with Gasteiger partial charge in [-0.3, -0.25) is 4.99 Å². The summed E-state index contributed by atoms with van der Waals surface area (Å²) in [7, 11) is 2.04. The maximum absolute atomic E-state index is 5.03. The van der Waals surface area contributed by atoms with Crippen LogP contribution >= 0.6 is 11.8 Å². The second kappa shape index (κ2) is 11.5. The topological polar surface area (TPSA) is 55.8 Å². The highest BCUT2D eigenvalue weighted by Gasteiger charge is 2.29. The molecular formula is C27H37N5S. The molecule has 2 heterocycles. The maximum Gasteiger partial charge on any atom is 0.140 e. The molecule has 1 aromatic heterocycles. The Labute approximate surface area is 203 Å². The molecule has 3 rings (SSSR count). The van der Waals surface area contributed by atoms with Crippen molar-refractivity contribution < 1.29 is 0 Å². The Morgan fingerprint density at radius 3 is 2.70 bits per heavy atom. The van der Waals surface area contributed by atoms with Gasteiger partial charge >= 0.3 is 0 Å². The number of fused-ring (bicyclic) bond motifs is 1. The van der Waals surface area contributed by atoms with Crippen molar-refractivity contribution in [3.05, 3.63) is 71.0 Å². The molecule has 1 aromatic rings. The van der Waals surface area contributed by atoms with E-state index in [2.05, 4.69) is 52.9 Å². The van der Waals surface area contributed by atoms with Crippen molar-refractivity contribution in [1.29, 1.82) is 0 Å². The van der Waals surface area contributed by atoms with Crippen LogP contribution in [-0.2, 0) is 12.8 Å². The van der Waals surface area contributed by atoms with Crippen molar-refractivity contribution in [2.24, 2.45) is 9.98 Å². The lowest BCUT2D eigenvalue weighted by Gasteiger charge is -2.22. The summed E-state index contributed by atoms with van der Waals surface area (Å²) < 4.78 is 0. The van der Waals surface area contributed by atoms with E-state index in [9.17, 15) is 0 Å². The fraction of sp³-hybridized carbons (Fsp3) is 0.407. The first-order chi connectivity index (χ1) is 15.9. The third kappa shape index (κ3) is 6.06. The van der Waals surface area contributed by atoms with E-state index >= 15 is 0 Å². The molecule has 1 aliphatic heterocycles. The third-order valence-electron chi connectivity index (χ3n) is 6.15. The van der Waals surface area contributed by atoms with Gasteiger partial charge in [-0.2, -0.15) is 0 Å². The number of likely N-dealkylation sites (tertiary alicyclic amines) is 1. The van der Waals surface area contributed by atoms with Gasteiger partial charge in [0, 0.05) is 47.2 Å². The van der Waals surface area contributed by atoms with Crippen LogP contribution in [-0.4, -0.2) is 47.3 Å². The Bertz CT molecular complexity index is 1040. The van der Waals surface area contributed by atoms with Gasteiger partial charge in [0.1, 0.15) is 5.82 Å². The monoisotopic (exact) mass is 463 g/mol. The first-order valence-corrected chi connectivity index (χ1v) is 12.5. The molecule has 2 aliphatic rings. The number of rotatable bonds is 9. The standard InChI is InChI=1S/C27H37N5S/c1-8-14-29-25(18(3)4)16-22(9-2)33-20(6)30-27-26(23-11-10-12-24(23)31-27)19(5)32-15-13-21(17-32)28-7/h8-9,14,16,21,28,31H,1,3,5,10-13,15,17H2,2,4,6-7H3/b22-9+,25-16+,29-14?,30-20+. The van der Waals surface area contributed by atoms with Crippen LogP contribution in [0.3, 0.4) is 0 Å². The highest BCUT2D eigenvalue weighted by molar-refractivity contribution is 8.17. The zero-order valence-electron chi connectivity index (χ0n) is 20.5. The maximum atomic E-state index is 5.03. The molecule has 0 spiro atoms. The van der Waals surface area contributed by atoms with Gasteiger partial charge in [0.2, 0.25) is 0 Å². The van der Waals surface area contributed by atoms with Crippen LogP contribution in [0.5, 0.6) is 0 Å². The highest BCUT2D eigenvalue weighted by Crippen LogP contribution is 2.39. The lowest BCUT2D eigenvalue weighted by molar-refractivity contribution is 0.471. The number of H-pyrrole nitrogens is 1. The van der Waals surface area contributed by atoms with E-state index in [0.29, 0.717) is 6.04 Å². The minimum absolute atomic E-state index is 0.522. The summed E-state index contributed by atoms with van der Waals surface area (Å²) in [4.78, 5) is 16.6. The molecule has 5 nitrogen and oxygen atoms in total. The number of hydrogen-bond acceptors (Lipinski definition) is 5. The SMILES string of the molecule is C=CC=N/C(=C/C(=C\C)S/C(C)=N/c1[nH]c2c(c1C(=C)N1CCC(NC)C1)CCC2)C(=C)C. The molecule has 1 fully saturated rings. The molecule has 1 aliphatic carbocycles. The molecule has 0 radical (unpaired) electrons. The minimum atomic E-state index is 0.522. The summed E-state index contributed by atoms with van der Waals surface area (Å²) in [6.45, 7) is 20.3. The molecule has 2 N–H and O–H groups in total. The van der Waals surface area contributed by atoms with Crippen LogP contribution in [0, 0.1) is 0 Å². The number of likely N-dealkylation sites (N-methyl/N-ethyl adjacent to an activating group) is 1. The third-order valence-corrected chi connectivity index (χ3v) is 7.12. The largest absolute Gasteiger partial charge is 0.370 e. The number of aliphatic imine (C=N–C) groups is 2. The van der Waals surface area contributed by atoms with E-state index in [0.717, 1.165) is 65.1 Å². The van der Waals surface area contributed by atoms with Gasteiger partial charge < -0.3 is 15.2 Å². The van der Waals surface area contributed by atoms with Crippen LogP contribution in [0.1, 0.15) is 50.4 Å². The van der Waals surface area contributed by atoms with Crippen LogP contribution in [0.4, 0.5) is 5.82 Å². The van der Waals surface area contributed by atoms with Gasteiger partial charge in [0.25, 0.3) is 0 Å². The van der Waals surface area contributed by atoms with Gasteiger partial charge in [0.05, 0.1) is 10.7 Å². The van der Waals surface area contributed by atoms with Crippen molar-refractivity contribution in [3.8, 4) is 0 Å². The van der Waals surface area contributed by atoms with Crippen LogP contribution in [0.15, 0.2) is 64.1 Å². The lowest BCUT2D eigenvalue weighted by atomic mass is 10.1. The van der Waals surface area contributed by atoms with Crippen LogP contribution in [0.25, 0.3) is 5.70 Å². The molecule has 0 bridgehead atoms. The molecule has 1 unspecified atom stereocenters. The van der Waals surface area contributed by atoms with Crippen molar-refractivity contribution in [3.63, 3.8) is 0 Å². The van der Waals surface area contributed by atoms with Crippen molar-refractivity contribution in [2.45, 2.75) is 52.5 Å². The molecule has 1 saturated heterocycles. The number of thioether (sulfide) groups is 1. The van der Waals surface area contributed by atoms with Gasteiger partial charge in [-0.05, 0) is 70.7 Å². The van der Waals surface area contributed by atoms with E-state index in [1.54, 1.807) is 24.1 Å². The first kappa shape index (κ1) is 25.1. The predicted octanol–water partition coefficient (Wildman–Crippen LogP) is 6.17.